The predicted octanol–water partition coefficient (Wildman–Crippen LogP) is 4.34. The first-order valence-corrected chi connectivity index (χ1v) is 7.63. The van der Waals surface area contributed by atoms with Crippen LogP contribution in [0.3, 0.4) is 0 Å². The van der Waals surface area contributed by atoms with Crippen molar-refractivity contribution in [3.05, 3.63) is 33.8 Å². The average Bonchev–Trinajstić information content (AvgIpc) is 2.44. The molecule has 9 heteroatoms. The van der Waals surface area contributed by atoms with Gasteiger partial charge < -0.3 is 9.57 Å². The third-order valence-electron chi connectivity index (χ3n) is 3.20. The molecule has 0 bridgehead atoms. The summed E-state index contributed by atoms with van der Waals surface area (Å²) < 4.78 is 42.5. The average molecular weight is 372 g/mol. The first kappa shape index (κ1) is 18.3. The maximum absolute atomic E-state index is 12.3. The van der Waals surface area contributed by atoms with Gasteiger partial charge in [0.2, 0.25) is 0 Å². The highest BCUT2D eigenvalue weighted by Crippen LogP contribution is 2.25. The maximum Gasteiger partial charge on any atom is 0.492 e. The molecule has 128 valence electrons. The van der Waals surface area contributed by atoms with Crippen LogP contribution in [-0.2, 0) is 21.0 Å². The Kier molecular flexibility index (Phi) is 6.13. The van der Waals surface area contributed by atoms with Gasteiger partial charge in [0, 0.05) is 16.6 Å². The van der Waals surface area contributed by atoms with Crippen LogP contribution in [0.1, 0.15) is 24.8 Å². The zero-order valence-corrected chi connectivity index (χ0v) is 13.4. The summed E-state index contributed by atoms with van der Waals surface area (Å²) >= 11 is 11.7. The second-order valence-electron chi connectivity index (χ2n) is 5.06. The lowest BCUT2D eigenvalue weighted by Gasteiger charge is -2.33. The molecular formula is C14H14Cl2F3NO3. The molecule has 1 unspecified atom stereocenters. The largest absolute Gasteiger partial charge is 0.492 e. The molecule has 4 nitrogen and oxygen atoms in total. The number of carbonyl (C=O) groups is 1. The molecule has 23 heavy (non-hydrogen) atoms. The predicted molar refractivity (Wildman–Crippen MR) is 77.7 cm³/mol. The molecule has 0 aliphatic carbocycles. The molecule has 0 saturated carbocycles. The van der Waals surface area contributed by atoms with Crippen molar-refractivity contribution >= 4 is 29.2 Å². The van der Waals surface area contributed by atoms with Crippen LogP contribution in [0.5, 0.6) is 0 Å². The monoisotopic (exact) mass is 371 g/mol. The highest BCUT2D eigenvalue weighted by atomic mass is 35.5. The molecular weight excluding hydrogens is 358 g/mol. The second kappa shape index (κ2) is 7.70. The summed E-state index contributed by atoms with van der Waals surface area (Å²) in [5, 5.41) is 1.80. The molecule has 0 aromatic heterocycles. The van der Waals surface area contributed by atoms with Gasteiger partial charge in [-0.05, 0) is 43.0 Å². The van der Waals surface area contributed by atoms with Crippen molar-refractivity contribution in [2.45, 2.75) is 38.3 Å². The van der Waals surface area contributed by atoms with Crippen molar-refractivity contribution in [1.29, 1.82) is 0 Å². The quantitative estimate of drug-likeness (QED) is 0.788. The lowest BCUT2D eigenvalue weighted by molar-refractivity contribution is -0.281. The maximum atomic E-state index is 12.3. The van der Waals surface area contributed by atoms with Crippen LogP contribution >= 0.6 is 23.2 Å². The normalized spacial score (nSPS) is 19.6. The molecule has 1 saturated heterocycles. The van der Waals surface area contributed by atoms with Crippen molar-refractivity contribution in [3.8, 4) is 0 Å². The number of benzene rings is 1. The first-order chi connectivity index (χ1) is 10.8. The smallest absolute Gasteiger partial charge is 0.358 e. The van der Waals surface area contributed by atoms with E-state index in [9.17, 15) is 18.0 Å². The van der Waals surface area contributed by atoms with Gasteiger partial charge in [-0.2, -0.15) is 13.2 Å². The molecule has 2 rings (SSSR count). The van der Waals surface area contributed by atoms with E-state index < -0.39 is 18.4 Å². The van der Waals surface area contributed by atoms with Crippen LogP contribution in [-0.4, -0.2) is 30.0 Å². The van der Waals surface area contributed by atoms with Gasteiger partial charge in [-0.3, -0.25) is 0 Å². The molecule has 1 aromatic carbocycles. The zero-order valence-electron chi connectivity index (χ0n) is 11.9. The van der Waals surface area contributed by atoms with E-state index in [1.807, 2.05) is 0 Å². The van der Waals surface area contributed by atoms with Gasteiger partial charge in [0.05, 0.1) is 6.61 Å². The number of hydrogen-bond donors (Lipinski definition) is 0. The molecule has 1 fully saturated rings. The fourth-order valence-electron chi connectivity index (χ4n) is 2.19. The number of piperidine rings is 1. The number of alkyl halides is 3. The van der Waals surface area contributed by atoms with Crippen LogP contribution in [0.4, 0.5) is 13.2 Å². The molecule has 0 radical (unpaired) electrons. The number of hydrogen-bond acceptors (Lipinski definition) is 4. The van der Waals surface area contributed by atoms with Crippen LogP contribution in [0.2, 0.25) is 10.0 Å². The third kappa shape index (κ3) is 5.53. The summed E-state index contributed by atoms with van der Waals surface area (Å²) in [7, 11) is 0. The molecule has 1 atom stereocenters. The molecule has 0 N–H and O–H groups in total. The van der Waals surface area contributed by atoms with Crippen molar-refractivity contribution < 1.29 is 27.5 Å². The molecule has 0 amide bonds. The van der Waals surface area contributed by atoms with E-state index in [-0.39, 0.29) is 13.2 Å². The Hall–Kier alpha value is -1.02. The first-order valence-electron chi connectivity index (χ1n) is 6.88. The number of nitrogens with zero attached hydrogens (tertiary/aromatic N) is 1. The van der Waals surface area contributed by atoms with E-state index in [0.29, 0.717) is 28.5 Å². The fourth-order valence-corrected chi connectivity index (χ4v) is 2.76. The SMILES string of the molecule is O=C(ON1CCCCC1OCc1cc(Cl)cc(Cl)c1)C(F)(F)F. The molecule has 1 aliphatic rings. The third-order valence-corrected chi connectivity index (χ3v) is 3.63. The Bertz CT molecular complexity index is 548. The van der Waals surface area contributed by atoms with E-state index in [2.05, 4.69) is 4.84 Å². The molecule has 1 heterocycles. The van der Waals surface area contributed by atoms with Crippen LogP contribution in [0, 0.1) is 0 Å². The van der Waals surface area contributed by atoms with E-state index >= 15 is 0 Å². The standard InChI is InChI=1S/C14H14Cl2F3NO3/c15-10-5-9(6-11(16)7-10)8-22-12-3-1-2-4-20(12)23-13(21)14(17,18)19/h5-7,12H,1-4,8H2. The Labute approximate surface area is 141 Å². The molecule has 1 aliphatic heterocycles. The second-order valence-corrected chi connectivity index (χ2v) is 5.93. The van der Waals surface area contributed by atoms with Crippen molar-refractivity contribution in [3.63, 3.8) is 0 Å². The van der Waals surface area contributed by atoms with Crippen LogP contribution in [0.25, 0.3) is 0 Å². The minimum atomic E-state index is -5.04. The number of ether oxygens (including phenoxy) is 1. The van der Waals surface area contributed by atoms with Crippen LogP contribution in [0.15, 0.2) is 18.2 Å². The van der Waals surface area contributed by atoms with E-state index in [0.717, 1.165) is 11.5 Å². The minimum absolute atomic E-state index is 0.0883. The summed E-state index contributed by atoms with van der Waals surface area (Å²) in [6, 6.07) is 4.84. The summed E-state index contributed by atoms with van der Waals surface area (Å²) in [4.78, 5) is 15.4. The zero-order chi connectivity index (χ0) is 17.0. The van der Waals surface area contributed by atoms with Gasteiger partial charge in [-0.15, -0.1) is 5.06 Å². The van der Waals surface area contributed by atoms with E-state index in [4.69, 9.17) is 27.9 Å². The lowest BCUT2D eigenvalue weighted by atomic mass is 10.1. The van der Waals surface area contributed by atoms with Gasteiger partial charge in [-0.25, -0.2) is 4.79 Å². The van der Waals surface area contributed by atoms with Crippen LogP contribution < -0.4 is 0 Å². The lowest BCUT2D eigenvalue weighted by Crippen LogP contribution is -2.45. The summed E-state index contributed by atoms with van der Waals surface area (Å²) in [5.41, 5.74) is 0.676. The highest BCUT2D eigenvalue weighted by molar-refractivity contribution is 6.34. The van der Waals surface area contributed by atoms with E-state index in [1.54, 1.807) is 18.2 Å². The fraction of sp³-hybridized carbons (Fsp3) is 0.500. The summed E-state index contributed by atoms with van der Waals surface area (Å²) in [6.45, 7) is 0.272. The highest BCUT2D eigenvalue weighted by Gasteiger charge is 2.43. The van der Waals surface area contributed by atoms with Gasteiger partial charge in [-0.1, -0.05) is 23.2 Å². The topological polar surface area (TPSA) is 38.8 Å². The number of halogens is 5. The van der Waals surface area contributed by atoms with Gasteiger partial charge in [0.1, 0.15) is 6.23 Å². The van der Waals surface area contributed by atoms with E-state index in [1.165, 1.54) is 0 Å². The summed E-state index contributed by atoms with van der Waals surface area (Å²) in [5.74, 6) is -2.25. The van der Waals surface area contributed by atoms with Crippen molar-refractivity contribution in [2.75, 3.05) is 6.54 Å². The summed E-state index contributed by atoms with van der Waals surface area (Å²) in [6.07, 6.45) is -3.94. The Morgan fingerprint density at radius 3 is 2.48 bits per heavy atom. The van der Waals surface area contributed by atoms with Crippen molar-refractivity contribution in [2.24, 2.45) is 0 Å². The number of carbonyl (C=O) groups excluding carboxylic acids is 1. The Morgan fingerprint density at radius 1 is 1.22 bits per heavy atom. The molecule has 1 aromatic rings. The Balaban J connectivity index is 1.97. The minimum Gasteiger partial charge on any atom is -0.358 e. The number of hydroxylamine groups is 2. The number of rotatable bonds is 4. The van der Waals surface area contributed by atoms with Gasteiger partial charge in [0.15, 0.2) is 0 Å². The van der Waals surface area contributed by atoms with Gasteiger partial charge >= 0.3 is 12.1 Å². The van der Waals surface area contributed by atoms with Gasteiger partial charge in [0.25, 0.3) is 0 Å². The Morgan fingerprint density at radius 2 is 1.87 bits per heavy atom. The van der Waals surface area contributed by atoms with Crippen molar-refractivity contribution in [1.82, 2.24) is 5.06 Å². The molecule has 0 spiro atoms.